The minimum atomic E-state index is 0.517. The molecule has 2 N–H and O–H groups in total. The van der Waals surface area contributed by atoms with Gasteiger partial charge in [-0.3, -0.25) is 4.68 Å². The summed E-state index contributed by atoms with van der Waals surface area (Å²) in [5.41, 5.74) is 7.85. The zero-order valence-electron chi connectivity index (χ0n) is 9.49. The van der Waals surface area contributed by atoms with Gasteiger partial charge < -0.3 is 10.3 Å². The lowest BCUT2D eigenvalue weighted by atomic mass is 10.3. The molecule has 2 aromatic heterocycles. The molecule has 0 atom stereocenters. The van der Waals surface area contributed by atoms with Crippen molar-refractivity contribution < 1.29 is 0 Å². The van der Waals surface area contributed by atoms with Crippen molar-refractivity contribution in [3.8, 4) is 0 Å². The minimum Gasteiger partial charge on any atom is -0.369 e. The molecule has 92 valence electrons. The van der Waals surface area contributed by atoms with Gasteiger partial charge >= 0.3 is 0 Å². The van der Waals surface area contributed by atoms with Crippen LogP contribution >= 0.6 is 15.9 Å². The first kappa shape index (κ1) is 11.2. The van der Waals surface area contributed by atoms with Gasteiger partial charge in [0, 0.05) is 17.2 Å². The number of halogens is 1. The van der Waals surface area contributed by atoms with Crippen molar-refractivity contribution in [2.75, 3.05) is 5.73 Å². The molecule has 0 fully saturated rings. The van der Waals surface area contributed by atoms with E-state index in [1.807, 2.05) is 29.0 Å². The maximum Gasteiger partial charge on any atom is 0.201 e. The molecule has 0 aliphatic rings. The van der Waals surface area contributed by atoms with E-state index in [4.69, 9.17) is 5.73 Å². The van der Waals surface area contributed by atoms with E-state index in [-0.39, 0.29) is 0 Å². The molecule has 0 aliphatic carbocycles. The molecule has 0 amide bonds. The molecule has 0 spiro atoms. The average Bonchev–Trinajstić information content (AvgIpc) is 2.94. The van der Waals surface area contributed by atoms with Crippen LogP contribution in [0.2, 0.25) is 0 Å². The van der Waals surface area contributed by atoms with Crippen LogP contribution in [0.1, 0.15) is 0 Å². The van der Waals surface area contributed by atoms with E-state index in [0.29, 0.717) is 19.0 Å². The van der Waals surface area contributed by atoms with Gasteiger partial charge in [-0.1, -0.05) is 21.1 Å². The zero-order valence-corrected chi connectivity index (χ0v) is 11.1. The van der Waals surface area contributed by atoms with Gasteiger partial charge in [-0.25, -0.2) is 4.98 Å². The van der Waals surface area contributed by atoms with Crippen LogP contribution in [0.15, 0.2) is 35.1 Å². The molecule has 0 unspecified atom stereocenters. The van der Waals surface area contributed by atoms with Gasteiger partial charge in [0.1, 0.15) is 0 Å². The summed E-state index contributed by atoms with van der Waals surface area (Å²) >= 11 is 3.46. The average molecular weight is 307 g/mol. The van der Waals surface area contributed by atoms with Crippen LogP contribution in [0.3, 0.4) is 0 Å². The maximum atomic E-state index is 5.93. The van der Waals surface area contributed by atoms with Crippen LogP contribution in [0.4, 0.5) is 5.95 Å². The molecule has 7 heteroatoms. The van der Waals surface area contributed by atoms with Gasteiger partial charge in [0.15, 0.2) is 0 Å². The second-order valence-electron chi connectivity index (χ2n) is 3.92. The fourth-order valence-corrected chi connectivity index (χ4v) is 2.25. The number of nitrogens with two attached hydrogens (primary N) is 1. The van der Waals surface area contributed by atoms with Crippen LogP contribution < -0.4 is 5.73 Å². The van der Waals surface area contributed by atoms with Crippen molar-refractivity contribution in [1.82, 2.24) is 24.5 Å². The summed E-state index contributed by atoms with van der Waals surface area (Å²) < 4.78 is 4.75. The number of rotatable bonds is 3. The number of nitrogen functional groups attached to an aromatic ring is 1. The van der Waals surface area contributed by atoms with Gasteiger partial charge in [0.25, 0.3) is 0 Å². The Labute approximate surface area is 112 Å². The van der Waals surface area contributed by atoms with Crippen LogP contribution in [0, 0.1) is 0 Å². The van der Waals surface area contributed by atoms with Gasteiger partial charge in [-0.2, -0.15) is 0 Å². The summed E-state index contributed by atoms with van der Waals surface area (Å²) in [5.74, 6) is 0.517. The number of anilines is 1. The molecule has 18 heavy (non-hydrogen) atoms. The van der Waals surface area contributed by atoms with Crippen molar-refractivity contribution >= 4 is 32.9 Å². The highest BCUT2D eigenvalue weighted by Crippen LogP contribution is 2.22. The van der Waals surface area contributed by atoms with Crippen molar-refractivity contribution in [3.05, 3.63) is 35.1 Å². The second-order valence-corrected chi connectivity index (χ2v) is 4.84. The Morgan fingerprint density at radius 2 is 2.17 bits per heavy atom. The van der Waals surface area contributed by atoms with E-state index in [0.717, 1.165) is 15.5 Å². The Bertz CT molecular complexity index is 672. The quantitative estimate of drug-likeness (QED) is 0.799. The van der Waals surface area contributed by atoms with E-state index in [1.165, 1.54) is 0 Å². The van der Waals surface area contributed by atoms with Gasteiger partial charge in [-0.15, -0.1) is 5.10 Å². The third kappa shape index (κ3) is 1.97. The Morgan fingerprint density at radius 1 is 1.28 bits per heavy atom. The highest BCUT2D eigenvalue weighted by Gasteiger charge is 2.08. The van der Waals surface area contributed by atoms with Crippen molar-refractivity contribution in [3.63, 3.8) is 0 Å². The third-order valence-electron chi connectivity index (χ3n) is 2.76. The minimum absolute atomic E-state index is 0.517. The maximum absolute atomic E-state index is 5.93. The molecule has 3 rings (SSSR count). The monoisotopic (exact) mass is 306 g/mol. The Morgan fingerprint density at radius 3 is 2.94 bits per heavy atom. The fourth-order valence-electron chi connectivity index (χ4n) is 1.90. The Kier molecular flexibility index (Phi) is 2.75. The van der Waals surface area contributed by atoms with Gasteiger partial charge in [0.2, 0.25) is 5.95 Å². The summed E-state index contributed by atoms with van der Waals surface area (Å²) in [6.07, 6.45) is 3.48. The van der Waals surface area contributed by atoms with E-state index in [2.05, 4.69) is 31.2 Å². The number of aryl methyl sites for hydroxylation is 2. The number of hydrogen-bond acceptors (Lipinski definition) is 4. The van der Waals surface area contributed by atoms with Crippen LogP contribution in [0.5, 0.6) is 0 Å². The predicted octanol–water partition coefficient (Wildman–Crippen LogP) is 1.67. The first-order chi connectivity index (χ1) is 8.74. The SMILES string of the molecule is Nc1nc2ccc(Br)cc2n1CCn1ccnn1. The predicted molar refractivity (Wildman–Crippen MR) is 71.9 cm³/mol. The topological polar surface area (TPSA) is 74.5 Å². The number of nitrogens with zero attached hydrogens (tertiary/aromatic N) is 5. The summed E-state index contributed by atoms with van der Waals surface area (Å²) in [4.78, 5) is 4.33. The summed E-state index contributed by atoms with van der Waals surface area (Å²) in [7, 11) is 0. The Hall–Kier alpha value is -1.89. The molecule has 6 nitrogen and oxygen atoms in total. The highest BCUT2D eigenvalue weighted by atomic mass is 79.9. The second kappa shape index (κ2) is 4.41. The van der Waals surface area contributed by atoms with E-state index in [9.17, 15) is 0 Å². The highest BCUT2D eigenvalue weighted by molar-refractivity contribution is 9.10. The van der Waals surface area contributed by atoms with Gasteiger partial charge in [-0.05, 0) is 18.2 Å². The van der Waals surface area contributed by atoms with E-state index in [1.54, 1.807) is 10.9 Å². The first-order valence-corrected chi connectivity index (χ1v) is 6.29. The molecule has 0 saturated carbocycles. The summed E-state index contributed by atoms with van der Waals surface area (Å²) in [6.45, 7) is 1.42. The van der Waals surface area contributed by atoms with Crippen molar-refractivity contribution in [2.45, 2.75) is 13.1 Å². The molecule has 3 aromatic rings. The molecule has 1 aromatic carbocycles. The van der Waals surface area contributed by atoms with Crippen molar-refractivity contribution in [2.24, 2.45) is 0 Å². The molecule has 0 radical (unpaired) electrons. The lowest BCUT2D eigenvalue weighted by Crippen LogP contribution is -2.10. The molecule has 0 saturated heterocycles. The number of benzene rings is 1. The largest absolute Gasteiger partial charge is 0.369 e. The summed E-state index contributed by atoms with van der Waals surface area (Å²) in [6, 6.07) is 5.91. The smallest absolute Gasteiger partial charge is 0.201 e. The molecular weight excluding hydrogens is 296 g/mol. The zero-order chi connectivity index (χ0) is 12.5. The van der Waals surface area contributed by atoms with Crippen LogP contribution in [-0.2, 0) is 13.1 Å². The van der Waals surface area contributed by atoms with E-state index < -0.39 is 0 Å². The summed E-state index contributed by atoms with van der Waals surface area (Å²) in [5, 5.41) is 7.70. The van der Waals surface area contributed by atoms with E-state index >= 15 is 0 Å². The molecule has 2 heterocycles. The molecular formula is C11H11BrN6. The molecule has 0 aliphatic heterocycles. The number of imidazole rings is 1. The lowest BCUT2D eigenvalue weighted by molar-refractivity contribution is 0.529. The van der Waals surface area contributed by atoms with Crippen LogP contribution in [-0.4, -0.2) is 24.5 Å². The van der Waals surface area contributed by atoms with Crippen molar-refractivity contribution in [1.29, 1.82) is 0 Å². The Balaban J connectivity index is 1.95. The molecule has 0 bridgehead atoms. The third-order valence-corrected chi connectivity index (χ3v) is 3.26. The normalized spacial score (nSPS) is 11.2. The van der Waals surface area contributed by atoms with Gasteiger partial charge in [0.05, 0.1) is 23.8 Å². The number of aromatic nitrogens is 5. The number of fused-ring (bicyclic) bond motifs is 1. The first-order valence-electron chi connectivity index (χ1n) is 5.49. The fraction of sp³-hybridized carbons (Fsp3) is 0.182. The standard InChI is InChI=1S/C11H11BrN6/c12-8-1-2-9-10(7-8)18(11(13)15-9)6-5-17-4-3-14-16-17/h1-4,7H,5-6H2,(H2,13,15). The number of hydrogen-bond donors (Lipinski definition) is 1. The lowest BCUT2D eigenvalue weighted by Gasteiger charge is -2.06. The van der Waals surface area contributed by atoms with Crippen LogP contribution in [0.25, 0.3) is 11.0 Å².